The highest BCUT2D eigenvalue weighted by atomic mass is 15.3. The van der Waals surface area contributed by atoms with Crippen LogP contribution >= 0.6 is 0 Å². The van der Waals surface area contributed by atoms with Gasteiger partial charge in [-0.25, -0.2) is 4.98 Å². The smallest absolute Gasteiger partial charge is 0.108 e. The molecule has 4 nitrogen and oxygen atoms in total. The van der Waals surface area contributed by atoms with Gasteiger partial charge in [0, 0.05) is 25.0 Å². The highest BCUT2D eigenvalue weighted by molar-refractivity contribution is 5.04. The lowest BCUT2D eigenvalue weighted by Gasteiger charge is -2.12. The molecule has 4 heteroatoms. The van der Waals surface area contributed by atoms with Gasteiger partial charge in [-0.2, -0.15) is 5.10 Å². The summed E-state index contributed by atoms with van der Waals surface area (Å²) < 4.78 is 4.26. The van der Waals surface area contributed by atoms with Gasteiger partial charge in [0.15, 0.2) is 0 Å². The van der Waals surface area contributed by atoms with E-state index in [4.69, 9.17) is 0 Å². The fraction of sp³-hybridized carbons (Fsp3) is 0.571. The zero-order chi connectivity index (χ0) is 13.0. The molecule has 2 aromatic heterocycles. The van der Waals surface area contributed by atoms with E-state index in [1.165, 1.54) is 0 Å². The van der Waals surface area contributed by atoms with Gasteiger partial charge in [-0.05, 0) is 18.9 Å². The lowest BCUT2D eigenvalue weighted by molar-refractivity contribution is 0.424. The maximum atomic E-state index is 4.67. The van der Waals surface area contributed by atoms with E-state index in [0.717, 1.165) is 37.3 Å². The fourth-order valence-corrected chi connectivity index (χ4v) is 2.30. The SMILES string of the molecule is CCc1nccn1Cc1ccn(C(CC)CC)n1. The van der Waals surface area contributed by atoms with Crippen molar-refractivity contribution in [1.29, 1.82) is 0 Å². The maximum absolute atomic E-state index is 4.67. The van der Waals surface area contributed by atoms with E-state index in [-0.39, 0.29) is 0 Å². The predicted molar refractivity (Wildman–Crippen MR) is 72.6 cm³/mol. The molecule has 0 aromatic carbocycles. The van der Waals surface area contributed by atoms with Gasteiger partial charge >= 0.3 is 0 Å². The predicted octanol–water partition coefficient (Wildman–Crippen LogP) is 3.05. The summed E-state index contributed by atoms with van der Waals surface area (Å²) in [6.45, 7) is 7.36. The zero-order valence-corrected chi connectivity index (χ0v) is 11.5. The van der Waals surface area contributed by atoms with Crippen molar-refractivity contribution in [2.45, 2.75) is 52.6 Å². The summed E-state index contributed by atoms with van der Waals surface area (Å²) in [7, 11) is 0. The van der Waals surface area contributed by atoms with Crippen LogP contribution in [0.25, 0.3) is 0 Å². The van der Waals surface area contributed by atoms with Gasteiger partial charge < -0.3 is 4.57 Å². The van der Waals surface area contributed by atoms with E-state index in [9.17, 15) is 0 Å². The highest BCUT2D eigenvalue weighted by Gasteiger charge is 2.09. The topological polar surface area (TPSA) is 35.6 Å². The number of imidazole rings is 1. The van der Waals surface area contributed by atoms with E-state index in [1.807, 2.05) is 12.4 Å². The van der Waals surface area contributed by atoms with Gasteiger partial charge in [0.1, 0.15) is 5.82 Å². The van der Waals surface area contributed by atoms with Crippen LogP contribution in [0.2, 0.25) is 0 Å². The quantitative estimate of drug-likeness (QED) is 0.785. The normalized spacial score (nSPS) is 11.3. The molecular weight excluding hydrogens is 224 g/mol. The first-order chi connectivity index (χ1) is 8.78. The standard InChI is InChI=1S/C14H22N4/c1-4-13(5-2)18-9-7-12(16-18)11-17-10-8-15-14(17)6-3/h7-10,13H,4-6,11H2,1-3H3. The van der Waals surface area contributed by atoms with Crippen LogP contribution < -0.4 is 0 Å². The van der Waals surface area contributed by atoms with Crippen molar-refractivity contribution in [3.8, 4) is 0 Å². The van der Waals surface area contributed by atoms with E-state index < -0.39 is 0 Å². The Bertz CT molecular complexity index is 479. The van der Waals surface area contributed by atoms with Crippen molar-refractivity contribution in [2.24, 2.45) is 0 Å². The fourth-order valence-electron chi connectivity index (χ4n) is 2.30. The summed E-state index contributed by atoms with van der Waals surface area (Å²) in [6, 6.07) is 2.63. The van der Waals surface area contributed by atoms with Crippen molar-refractivity contribution < 1.29 is 0 Å². The molecule has 0 unspecified atom stereocenters. The third kappa shape index (κ3) is 2.63. The molecule has 2 rings (SSSR count). The molecule has 0 spiro atoms. The molecule has 0 saturated carbocycles. The number of hydrogen-bond donors (Lipinski definition) is 0. The average molecular weight is 246 g/mol. The van der Waals surface area contributed by atoms with Crippen molar-refractivity contribution in [3.05, 3.63) is 36.2 Å². The van der Waals surface area contributed by atoms with Crippen LogP contribution in [-0.2, 0) is 13.0 Å². The minimum atomic E-state index is 0.521. The Morgan fingerprint density at radius 1 is 1.17 bits per heavy atom. The van der Waals surface area contributed by atoms with Gasteiger partial charge in [0.2, 0.25) is 0 Å². The van der Waals surface area contributed by atoms with E-state index in [2.05, 4.69) is 52.4 Å². The molecule has 0 N–H and O–H groups in total. The molecule has 0 aliphatic carbocycles. The Balaban J connectivity index is 2.11. The third-order valence-corrected chi connectivity index (χ3v) is 3.43. The van der Waals surface area contributed by atoms with Crippen molar-refractivity contribution in [3.63, 3.8) is 0 Å². The summed E-state index contributed by atoms with van der Waals surface area (Å²) in [5.74, 6) is 1.12. The van der Waals surface area contributed by atoms with Crippen molar-refractivity contribution in [1.82, 2.24) is 19.3 Å². The molecule has 0 amide bonds. The summed E-state index contributed by atoms with van der Waals surface area (Å²) in [5.41, 5.74) is 1.11. The molecule has 0 aliphatic heterocycles. The third-order valence-electron chi connectivity index (χ3n) is 3.43. The second-order valence-electron chi connectivity index (χ2n) is 4.58. The molecule has 0 atom stereocenters. The highest BCUT2D eigenvalue weighted by Crippen LogP contribution is 2.15. The van der Waals surface area contributed by atoms with Crippen LogP contribution in [0, 0.1) is 0 Å². The summed E-state index contributed by atoms with van der Waals surface area (Å²) in [4.78, 5) is 4.33. The summed E-state index contributed by atoms with van der Waals surface area (Å²) in [5, 5.41) is 4.67. The number of hydrogen-bond acceptors (Lipinski definition) is 2. The Morgan fingerprint density at radius 2 is 1.94 bits per heavy atom. The van der Waals surface area contributed by atoms with Crippen molar-refractivity contribution in [2.75, 3.05) is 0 Å². The Labute approximate surface area is 109 Å². The van der Waals surface area contributed by atoms with Crippen LogP contribution in [0.15, 0.2) is 24.7 Å². The average Bonchev–Trinajstić information content (AvgIpc) is 3.01. The number of nitrogens with zero attached hydrogens (tertiary/aromatic N) is 4. The van der Waals surface area contributed by atoms with Gasteiger partial charge in [0.25, 0.3) is 0 Å². The first kappa shape index (κ1) is 12.9. The minimum absolute atomic E-state index is 0.521. The second-order valence-corrected chi connectivity index (χ2v) is 4.58. The van der Waals surface area contributed by atoms with Gasteiger partial charge in [-0.1, -0.05) is 20.8 Å². The molecule has 2 heterocycles. The number of rotatable bonds is 6. The molecule has 0 radical (unpaired) electrons. The van der Waals surface area contributed by atoms with Crippen LogP contribution in [0.5, 0.6) is 0 Å². The lowest BCUT2D eigenvalue weighted by Crippen LogP contribution is -2.09. The second kappa shape index (κ2) is 5.85. The van der Waals surface area contributed by atoms with Crippen LogP contribution in [0.1, 0.15) is 51.2 Å². The molecule has 0 aliphatic rings. The number of aryl methyl sites for hydroxylation is 1. The molecule has 0 bridgehead atoms. The number of aromatic nitrogens is 4. The van der Waals surface area contributed by atoms with Crippen LogP contribution in [0.3, 0.4) is 0 Å². The molecule has 18 heavy (non-hydrogen) atoms. The first-order valence-corrected chi connectivity index (χ1v) is 6.82. The summed E-state index contributed by atoms with van der Waals surface area (Å²) in [6.07, 6.45) is 9.19. The molecule has 2 aromatic rings. The maximum Gasteiger partial charge on any atom is 0.108 e. The molecule has 0 fully saturated rings. The van der Waals surface area contributed by atoms with Crippen LogP contribution in [-0.4, -0.2) is 19.3 Å². The lowest BCUT2D eigenvalue weighted by atomic mass is 10.2. The Hall–Kier alpha value is -1.58. The monoisotopic (exact) mass is 246 g/mol. The molecule has 0 saturated heterocycles. The van der Waals surface area contributed by atoms with E-state index >= 15 is 0 Å². The van der Waals surface area contributed by atoms with E-state index in [1.54, 1.807) is 0 Å². The summed E-state index contributed by atoms with van der Waals surface area (Å²) >= 11 is 0. The van der Waals surface area contributed by atoms with E-state index in [0.29, 0.717) is 6.04 Å². The Kier molecular flexibility index (Phi) is 4.18. The van der Waals surface area contributed by atoms with Gasteiger partial charge in [0.05, 0.1) is 18.3 Å². The molecular formula is C14H22N4. The van der Waals surface area contributed by atoms with Crippen LogP contribution in [0.4, 0.5) is 0 Å². The van der Waals surface area contributed by atoms with Gasteiger partial charge in [-0.3, -0.25) is 4.68 Å². The largest absolute Gasteiger partial charge is 0.329 e. The minimum Gasteiger partial charge on any atom is -0.329 e. The first-order valence-electron chi connectivity index (χ1n) is 6.82. The molecule has 98 valence electrons. The van der Waals surface area contributed by atoms with Crippen molar-refractivity contribution >= 4 is 0 Å². The Morgan fingerprint density at radius 3 is 2.61 bits per heavy atom. The zero-order valence-electron chi connectivity index (χ0n) is 11.5. The van der Waals surface area contributed by atoms with Gasteiger partial charge in [-0.15, -0.1) is 0 Å².